The average Bonchev–Trinajstić information content (AvgIpc) is 3.91. The van der Waals surface area contributed by atoms with Crippen LogP contribution in [0.4, 0.5) is 0 Å². The summed E-state index contributed by atoms with van der Waals surface area (Å²) in [5.41, 5.74) is 7.79. The first-order chi connectivity index (χ1) is 30.0. The summed E-state index contributed by atoms with van der Waals surface area (Å²) < 4.78 is 14.0. The predicted molar refractivity (Wildman–Crippen MR) is 250 cm³/mol. The molecule has 0 aromatic rings. The van der Waals surface area contributed by atoms with Crippen molar-refractivity contribution in [2.75, 3.05) is 13.1 Å². The molecular formula is C56H90N2O5. The number of aliphatic hydroxyl groups is 2. The highest BCUT2D eigenvalue weighted by Crippen LogP contribution is 2.67. The van der Waals surface area contributed by atoms with E-state index in [1.807, 2.05) is 5.57 Å². The smallest absolute Gasteiger partial charge is 0.0768 e. The van der Waals surface area contributed by atoms with E-state index in [2.05, 4.69) is 60.7 Å². The summed E-state index contributed by atoms with van der Waals surface area (Å²) in [4.78, 5) is 0. The van der Waals surface area contributed by atoms with Crippen LogP contribution in [0.3, 0.4) is 0 Å². The van der Waals surface area contributed by atoms with Gasteiger partial charge in [-0.1, -0.05) is 63.8 Å². The maximum atomic E-state index is 10.8. The number of ether oxygens (including phenoxy) is 2. The topological polar surface area (TPSA) is 94.4 Å². The van der Waals surface area contributed by atoms with Gasteiger partial charge in [-0.15, -0.1) is 0 Å². The molecule has 7 heteroatoms. The third kappa shape index (κ3) is 7.07. The van der Waals surface area contributed by atoms with Crippen LogP contribution in [-0.4, -0.2) is 81.3 Å². The third-order valence-corrected chi connectivity index (χ3v) is 23.3. The van der Waals surface area contributed by atoms with E-state index in [1.54, 1.807) is 21.8 Å². The predicted octanol–water partition coefficient (Wildman–Crippen LogP) is 11.0. The minimum Gasteiger partial charge on any atom is -0.393 e. The third-order valence-electron chi connectivity index (χ3n) is 23.3. The van der Waals surface area contributed by atoms with Gasteiger partial charge in [-0.3, -0.25) is 0 Å². The monoisotopic (exact) mass is 871 g/mol. The van der Waals surface area contributed by atoms with Crippen LogP contribution in [0.25, 0.3) is 0 Å². The van der Waals surface area contributed by atoms with Crippen LogP contribution in [0, 0.1) is 81.8 Å². The zero-order valence-electron chi connectivity index (χ0n) is 41.1. The van der Waals surface area contributed by atoms with E-state index in [0.717, 1.165) is 111 Å². The second-order valence-corrected chi connectivity index (χ2v) is 26.4. The number of nitrogens with zero attached hydrogens (tertiary/aromatic N) is 1. The van der Waals surface area contributed by atoms with Crippen molar-refractivity contribution in [2.45, 2.75) is 232 Å². The fourth-order valence-electron chi connectivity index (χ4n) is 19.8. The highest BCUT2D eigenvalue weighted by atomic mass is 16.5. The molecule has 0 radical (unpaired) electrons. The van der Waals surface area contributed by atoms with Gasteiger partial charge in [-0.2, -0.15) is 5.06 Å². The largest absolute Gasteiger partial charge is 0.393 e. The molecule has 4 aliphatic heterocycles. The van der Waals surface area contributed by atoms with Crippen LogP contribution in [0.15, 0.2) is 22.3 Å². The number of aliphatic hydroxyl groups excluding tert-OH is 2. The molecule has 7 nitrogen and oxygen atoms in total. The van der Waals surface area contributed by atoms with Crippen molar-refractivity contribution >= 4 is 0 Å². The molecule has 22 atom stereocenters. The number of allylic oxidation sites excluding steroid dienone is 2. The Morgan fingerprint density at radius 3 is 1.67 bits per heavy atom. The molecule has 2 spiro atoms. The molecule has 2 unspecified atom stereocenters. The molecular weight excluding hydrogens is 781 g/mol. The van der Waals surface area contributed by atoms with Gasteiger partial charge in [0.05, 0.1) is 41.7 Å². The van der Waals surface area contributed by atoms with Crippen molar-refractivity contribution < 1.29 is 24.9 Å². The summed E-state index contributed by atoms with van der Waals surface area (Å²) in [5, 5.41) is 36.9. The van der Waals surface area contributed by atoms with Gasteiger partial charge in [0.1, 0.15) is 0 Å². The second-order valence-electron chi connectivity index (χ2n) is 26.4. The molecule has 4 N–H and O–H groups in total. The lowest BCUT2D eigenvalue weighted by Crippen LogP contribution is -2.50. The Bertz CT molecular complexity index is 1810. The quantitative estimate of drug-likeness (QED) is 0.180. The van der Waals surface area contributed by atoms with E-state index in [4.69, 9.17) is 9.47 Å². The van der Waals surface area contributed by atoms with Gasteiger partial charge in [0, 0.05) is 24.4 Å². The first kappa shape index (κ1) is 44.7. The van der Waals surface area contributed by atoms with Crippen molar-refractivity contribution in [1.29, 1.82) is 0 Å². The molecule has 4 saturated heterocycles. The minimum atomic E-state index is -0.0899. The average molecular weight is 871 g/mol. The summed E-state index contributed by atoms with van der Waals surface area (Å²) in [6, 6.07) is 0.723. The van der Waals surface area contributed by atoms with Crippen LogP contribution in [0.1, 0.15) is 184 Å². The fourth-order valence-corrected chi connectivity index (χ4v) is 19.8. The number of hydroxylamine groups is 2. The summed E-state index contributed by atoms with van der Waals surface area (Å²) in [5.74, 6) is 8.64. The summed E-state index contributed by atoms with van der Waals surface area (Å²) >= 11 is 0. The van der Waals surface area contributed by atoms with Crippen molar-refractivity contribution in [2.24, 2.45) is 81.8 Å². The van der Waals surface area contributed by atoms with Crippen LogP contribution in [0.2, 0.25) is 0 Å². The van der Waals surface area contributed by atoms with E-state index in [1.165, 1.54) is 83.5 Å². The van der Waals surface area contributed by atoms with Gasteiger partial charge in [-0.05, 0) is 219 Å². The van der Waals surface area contributed by atoms with E-state index < -0.39 is 0 Å². The summed E-state index contributed by atoms with van der Waals surface area (Å²) in [7, 11) is 0. The number of rotatable bonds is 0. The molecule has 8 aliphatic carbocycles. The zero-order chi connectivity index (χ0) is 44.0. The number of hydrogen-bond donors (Lipinski definition) is 4. The Kier molecular flexibility index (Phi) is 11.5. The highest BCUT2D eigenvalue weighted by molar-refractivity contribution is 5.31. The van der Waals surface area contributed by atoms with Gasteiger partial charge >= 0.3 is 0 Å². The van der Waals surface area contributed by atoms with Gasteiger partial charge in [0.2, 0.25) is 0 Å². The van der Waals surface area contributed by atoms with Gasteiger partial charge in [-0.25, -0.2) is 0 Å². The number of piperidine rings is 2. The molecule has 12 aliphatic rings. The van der Waals surface area contributed by atoms with Crippen LogP contribution < -0.4 is 5.32 Å². The fraction of sp³-hybridized carbons (Fsp3) is 0.929. The van der Waals surface area contributed by atoms with E-state index in [0.29, 0.717) is 40.7 Å². The molecule has 63 heavy (non-hydrogen) atoms. The van der Waals surface area contributed by atoms with Crippen LogP contribution in [-0.2, 0) is 9.47 Å². The molecule has 0 aromatic heterocycles. The van der Waals surface area contributed by atoms with Gasteiger partial charge in [0.15, 0.2) is 0 Å². The Labute approximate surface area is 382 Å². The van der Waals surface area contributed by atoms with Crippen molar-refractivity contribution in [1.82, 2.24) is 10.4 Å². The Balaban J connectivity index is 0.000000141. The van der Waals surface area contributed by atoms with Crippen molar-refractivity contribution in [3.05, 3.63) is 22.3 Å². The second kappa shape index (κ2) is 16.1. The standard InChI is InChI=1S/C28H45NO3.C28H45NO2/c1-16-11-25-26(29(31)15-16)18(3)28(32-25)10-8-21-22-6-5-19-12-20(30)7-9-27(19,4)24(22)13-23(21)17(2)14-28;1-16-11-25-26(29-15-16)18(3)28(31-25)10-8-21-22-6-5-19-12-20(30)7-9-27(19,4)24(22)13-23(21)17(2)14-28/h16,18-22,24-26,30-31H,5-15H2,1-4H3;16,18-22,24-26,29-30H,5-15H2,1-4H3/t2*16-,18+,19+,20?,21-,22-,24-,25+,26-,27-,28-/m00/s1. The van der Waals surface area contributed by atoms with E-state index in [9.17, 15) is 15.4 Å². The molecule has 354 valence electrons. The van der Waals surface area contributed by atoms with Gasteiger partial charge in [0.25, 0.3) is 0 Å². The maximum absolute atomic E-state index is 10.8. The maximum Gasteiger partial charge on any atom is 0.0768 e. The lowest BCUT2D eigenvalue weighted by atomic mass is 9.52. The van der Waals surface area contributed by atoms with Crippen molar-refractivity contribution in [3.8, 4) is 0 Å². The van der Waals surface area contributed by atoms with Gasteiger partial charge < -0.3 is 30.2 Å². The molecule has 4 heterocycles. The molecule has 0 bridgehead atoms. The highest BCUT2D eigenvalue weighted by Gasteiger charge is 2.62. The molecule has 6 saturated carbocycles. The number of nitrogens with one attached hydrogen (secondary N) is 1. The molecule has 0 aromatic carbocycles. The minimum absolute atomic E-state index is 0.0387. The zero-order valence-corrected chi connectivity index (χ0v) is 41.1. The van der Waals surface area contributed by atoms with E-state index in [-0.39, 0.29) is 35.6 Å². The summed E-state index contributed by atoms with van der Waals surface area (Å²) in [6.45, 7) is 21.4. The molecule has 12 rings (SSSR count). The van der Waals surface area contributed by atoms with Crippen molar-refractivity contribution in [3.63, 3.8) is 0 Å². The summed E-state index contributed by atoms with van der Waals surface area (Å²) in [6.07, 6.45) is 24.7. The lowest BCUT2D eigenvalue weighted by molar-refractivity contribution is -0.178. The lowest BCUT2D eigenvalue weighted by Gasteiger charge is -2.53. The molecule has 0 amide bonds. The SMILES string of the molecule is CC1=C2C[C@H]3[C@@H](CC[C@@H]4CC(O)CC[C@@]43C)[C@@H]2CC[C@@]2(C1)O[C@@H]1C[C@H](C)CN(O)[C@H]1[C@H]2C.CC1=C2C[C@H]3[C@@H](CC[C@@H]4CC(O)CC[C@@]43C)[C@@H]2CC[C@@]2(C1)O[C@@H]1C[C@H](C)CN[C@H]1[C@H]2C. The first-order valence-electron chi connectivity index (χ1n) is 27.3. The van der Waals surface area contributed by atoms with E-state index >= 15 is 0 Å². The normalized spacial score (nSPS) is 56.2. The Hall–Kier alpha value is -0.800. The number of hydrogen-bond acceptors (Lipinski definition) is 7. The molecule has 10 fully saturated rings. The number of fused-ring (bicyclic) bond motifs is 12. The Morgan fingerprint density at radius 2 is 1.11 bits per heavy atom. The first-order valence-corrected chi connectivity index (χ1v) is 27.3. The van der Waals surface area contributed by atoms with Crippen LogP contribution in [0.5, 0.6) is 0 Å². The Morgan fingerprint density at radius 1 is 0.603 bits per heavy atom. The van der Waals surface area contributed by atoms with Crippen LogP contribution >= 0.6 is 0 Å².